The summed E-state index contributed by atoms with van der Waals surface area (Å²) < 4.78 is 0. The minimum atomic E-state index is -0.326. The molecule has 1 aromatic rings. The Hall–Kier alpha value is -1.55. The molecule has 0 aromatic heterocycles. The van der Waals surface area contributed by atoms with Crippen LogP contribution in [0.15, 0.2) is 18.2 Å². The van der Waals surface area contributed by atoms with E-state index in [1.54, 1.807) is 0 Å². The molecule has 88 valence electrons. The van der Waals surface area contributed by atoms with Crippen molar-refractivity contribution in [1.29, 1.82) is 0 Å². The van der Waals surface area contributed by atoms with Crippen molar-refractivity contribution in [2.75, 3.05) is 18.0 Å². The maximum atomic E-state index is 11.0. The van der Waals surface area contributed by atoms with Crippen LogP contribution in [-0.2, 0) is 11.3 Å². The molecule has 4 nitrogen and oxygen atoms in total. The summed E-state index contributed by atoms with van der Waals surface area (Å²) in [5.41, 5.74) is 14.1. The van der Waals surface area contributed by atoms with Crippen molar-refractivity contribution in [3.05, 3.63) is 29.3 Å². The van der Waals surface area contributed by atoms with Gasteiger partial charge in [-0.2, -0.15) is 0 Å². The van der Waals surface area contributed by atoms with E-state index in [1.807, 2.05) is 36.9 Å². The molecule has 4 heteroatoms. The molecule has 0 aliphatic heterocycles. The molecule has 0 aliphatic carbocycles. The molecule has 0 heterocycles. The predicted molar refractivity (Wildman–Crippen MR) is 66.2 cm³/mol. The maximum absolute atomic E-state index is 11.0. The molecule has 0 bridgehead atoms. The van der Waals surface area contributed by atoms with Crippen molar-refractivity contribution in [3.63, 3.8) is 0 Å². The molecule has 0 spiro atoms. The SMILES string of the molecule is CCN(CC(N)=O)c1c(C)cccc1CN. The highest BCUT2D eigenvalue weighted by atomic mass is 16.1. The Morgan fingerprint density at radius 1 is 1.44 bits per heavy atom. The summed E-state index contributed by atoms with van der Waals surface area (Å²) in [7, 11) is 0. The van der Waals surface area contributed by atoms with Gasteiger partial charge in [0.1, 0.15) is 0 Å². The number of hydrogen-bond donors (Lipinski definition) is 2. The molecule has 1 rings (SSSR count). The van der Waals surface area contributed by atoms with Gasteiger partial charge in [0.05, 0.1) is 6.54 Å². The third-order valence-corrected chi connectivity index (χ3v) is 2.59. The highest BCUT2D eigenvalue weighted by molar-refractivity contribution is 5.80. The molecule has 0 saturated carbocycles. The molecule has 4 N–H and O–H groups in total. The van der Waals surface area contributed by atoms with E-state index in [-0.39, 0.29) is 12.5 Å². The fraction of sp³-hybridized carbons (Fsp3) is 0.417. The fourth-order valence-electron chi connectivity index (χ4n) is 1.87. The summed E-state index contributed by atoms with van der Waals surface area (Å²) >= 11 is 0. The van der Waals surface area contributed by atoms with E-state index in [2.05, 4.69) is 0 Å². The normalized spacial score (nSPS) is 10.2. The summed E-state index contributed by atoms with van der Waals surface area (Å²) in [4.78, 5) is 13.0. The molecule has 1 aromatic carbocycles. The second kappa shape index (κ2) is 5.51. The van der Waals surface area contributed by atoms with Gasteiger partial charge >= 0.3 is 0 Å². The lowest BCUT2D eigenvalue weighted by atomic mass is 10.1. The van der Waals surface area contributed by atoms with Crippen LogP contribution in [0, 0.1) is 6.92 Å². The first-order valence-corrected chi connectivity index (χ1v) is 5.42. The zero-order valence-electron chi connectivity index (χ0n) is 9.86. The third-order valence-electron chi connectivity index (χ3n) is 2.59. The van der Waals surface area contributed by atoms with Gasteiger partial charge in [0.25, 0.3) is 0 Å². The second-order valence-electron chi connectivity index (χ2n) is 3.77. The van der Waals surface area contributed by atoms with Gasteiger partial charge in [0.2, 0.25) is 5.91 Å². The number of carbonyl (C=O) groups is 1. The number of rotatable bonds is 5. The van der Waals surface area contributed by atoms with Crippen molar-refractivity contribution < 1.29 is 4.79 Å². The lowest BCUT2D eigenvalue weighted by Gasteiger charge is -2.26. The Labute approximate surface area is 96.2 Å². The first kappa shape index (κ1) is 12.5. The standard InChI is InChI=1S/C12H19N3O/c1-3-15(8-11(14)16)12-9(2)5-4-6-10(12)7-13/h4-6H,3,7-8,13H2,1-2H3,(H2,14,16). The van der Waals surface area contributed by atoms with Gasteiger partial charge < -0.3 is 16.4 Å². The number of carbonyl (C=O) groups excluding carboxylic acids is 1. The number of hydrogen-bond acceptors (Lipinski definition) is 3. The molecule has 0 unspecified atom stereocenters. The molecular weight excluding hydrogens is 202 g/mol. The van der Waals surface area contributed by atoms with Crippen molar-refractivity contribution in [2.24, 2.45) is 11.5 Å². The van der Waals surface area contributed by atoms with Gasteiger partial charge in [0.15, 0.2) is 0 Å². The largest absolute Gasteiger partial charge is 0.368 e. The average molecular weight is 221 g/mol. The van der Waals surface area contributed by atoms with E-state index >= 15 is 0 Å². The monoisotopic (exact) mass is 221 g/mol. The number of primary amides is 1. The molecule has 0 radical (unpaired) electrons. The van der Waals surface area contributed by atoms with Crippen LogP contribution in [0.5, 0.6) is 0 Å². The average Bonchev–Trinajstić information content (AvgIpc) is 2.25. The first-order chi connectivity index (χ1) is 7.60. The summed E-state index contributed by atoms with van der Waals surface area (Å²) in [6.07, 6.45) is 0. The van der Waals surface area contributed by atoms with Crippen LogP contribution in [0.25, 0.3) is 0 Å². The van der Waals surface area contributed by atoms with Crippen molar-refractivity contribution in [2.45, 2.75) is 20.4 Å². The molecule has 0 aliphatic rings. The van der Waals surface area contributed by atoms with Gasteiger partial charge in [0, 0.05) is 18.8 Å². The van der Waals surface area contributed by atoms with Crippen molar-refractivity contribution >= 4 is 11.6 Å². The summed E-state index contributed by atoms with van der Waals surface area (Å²) in [6.45, 7) is 5.44. The number of aryl methyl sites for hydroxylation is 1. The Kier molecular flexibility index (Phi) is 4.31. The van der Waals surface area contributed by atoms with Gasteiger partial charge in [-0.05, 0) is 25.0 Å². The van der Waals surface area contributed by atoms with Gasteiger partial charge in [-0.1, -0.05) is 18.2 Å². The number of anilines is 1. The topological polar surface area (TPSA) is 72.3 Å². The quantitative estimate of drug-likeness (QED) is 0.771. The van der Waals surface area contributed by atoms with Crippen LogP contribution in [0.3, 0.4) is 0 Å². The van der Waals surface area contributed by atoms with Crippen LogP contribution in [0.1, 0.15) is 18.1 Å². The Morgan fingerprint density at radius 2 is 2.12 bits per heavy atom. The Bertz CT molecular complexity index is 377. The van der Waals surface area contributed by atoms with Crippen LogP contribution < -0.4 is 16.4 Å². The molecule has 0 atom stereocenters. The second-order valence-corrected chi connectivity index (χ2v) is 3.77. The van der Waals surface area contributed by atoms with Crippen LogP contribution in [0.4, 0.5) is 5.69 Å². The lowest BCUT2D eigenvalue weighted by molar-refractivity contribution is -0.116. The molecular formula is C12H19N3O. The van der Waals surface area contributed by atoms with Gasteiger partial charge in [-0.3, -0.25) is 4.79 Å². The highest BCUT2D eigenvalue weighted by Gasteiger charge is 2.13. The Morgan fingerprint density at radius 3 is 2.62 bits per heavy atom. The smallest absolute Gasteiger partial charge is 0.236 e. The maximum Gasteiger partial charge on any atom is 0.236 e. The minimum Gasteiger partial charge on any atom is -0.368 e. The van der Waals surface area contributed by atoms with Crippen LogP contribution in [-0.4, -0.2) is 19.0 Å². The fourth-order valence-corrected chi connectivity index (χ4v) is 1.87. The van der Waals surface area contributed by atoms with E-state index in [1.165, 1.54) is 0 Å². The number of nitrogens with two attached hydrogens (primary N) is 2. The third kappa shape index (κ3) is 2.73. The molecule has 16 heavy (non-hydrogen) atoms. The minimum absolute atomic E-state index is 0.231. The van der Waals surface area contributed by atoms with E-state index in [4.69, 9.17) is 11.5 Å². The van der Waals surface area contributed by atoms with E-state index in [0.29, 0.717) is 6.54 Å². The van der Waals surface area contributed by atoms with E-state index in [9.17, 15) is 4.79 Å². The van der Waals surface area contributed by atoms with Crippen LogP contribution in [0.2, 0.25) is 0 Å². The van der Waals surface area contributed by atoms with Gasteiger partial charge in [-0.25, -0.2) is 0 Å². The number of nitrogens with zero attached hydrogens (tertiary/aromatic N) is 1. The summed E-state index contributed by atoms with van der Waals surface area (Å²) in [6, 6.07) is 5.96. The number of para-hydroxylation sites is 1. The van der Waals surface area contributed by atoms with Crippen LogP contribution >= 0.6 is 0 Å². The zero-order chi connectivity index (χ0) is 12.1. The predicted octanol–water partition coefficient (Wildman–Crippen LogP) is 0.765. The zero-order valence-corrected chi connectivity index (χ0v) is 9.86. The van der Waals surface area contributed by atoms with Crippen molar-refractivity contribution in [1.82, 2.24) is 0 Å². The number of benzene rings is 1. The summed E-state index contributed by atoms with van der Waals surface area (Å²) in [5.74, 6) is -0.326. The lowest BCUT2D eigenvalue weighted by Crippen LogP contribution is -2.34. The Balaban J connectivity index is 3.12. The number of likely N-dealkylation sites (N-methyl/N-ethyl adjacent to an activating group) is 1. The first-order valence-electron chi connectivity index (χ1n) is 5.42. The molecule has 0 fully saturated rings. The summed E-state index contributed by atoms with van der Waals surface area (Å²) in [5, 5.41) is 0. The molecule has 1 amide bonds. The molecule has 0 saturated heterocycles. The van der Waals surface area contributed by atoms with Crippen molar-refractivity contribution in [3.8, 4) is 0 Å². The number of amides is 1. The van der Waals surface area contributed by atoms with E-state index in [0.717, 1.165) is 23.4 Å². The van der Waals surface area contributed by atoms with E-state index < -0.39 is 0 Å². The highest BCUT2D eigenvalue weighted by Crippen LogP contribution is 2.24. The van der Waals surface area contributed by atoms with Gasteiger partial charge in [-0.15, -0.1) is 0 Å².